The highest BCUT2D eigenvalue weighted by atomic mass is 16.5. The van der Waals surface area contributed by atoms with Crippen LogP contribution in [0.1, 0.15) is 53.0 Å². The van der Waals surface area contributed by atoms with Crippen molar-refractivity contribution < 1.29 is 9.53 Å². The van der Waals surface area contributed by atoms with Gasteiger partial charge < -0.3 is 10.1 Å². The first kappa shape index (κ1) is 24.5. The molecule has 0 saturated heterocycles. The second-order valence-electron chi connectivity index (χ2n) is 10.9. The largest absolute Gasteiger partial charge is 0.426 e. The number of esters is 1. The molecule has 2 aromatic carbocycles. The van der Waals surface area contributed by atoms with E-state index in [9.17, 15) is 4.79 Å². The third-order valence-electron chi connectivity index (χ3n) is 5.79. The summed E-state index contributed by atoms with van der Waals surface area (Å²) in [6.07, 6.45) is 3.93. The Morgan fingerprint density at radius 2 is 1.60 bits per heavy atom. The number of nitrogens with one attached hydrogen (secondary N) is 1. The maximum atomic E-state index is 12.7. The van der Waals surface area contributed by atoms with Gasteiger partial charge in [-0.2, -0.15) is 0 Å². The molecule has 4 aromatic rings. The topological polar surface area (TPSA) is 55.6 Å². The number of para-hydroxylation sites is 1. The van der Waals surface area contributed by atoms with Crippen molar-refractivity contribution in [2.45, 2.75) is 59.4 Å². The number of carbonyl (C=O) groups is 1. The van der Waals surface area contributed by atoms with Gasteiger partial charge in [0.25, 0.3) is 0 Å². The smallest absolute Gasteiger partial charge is 0.311 e. The number of ether oxygens (including phenoxy) is 1. The van der Waals surface area contributed by atoms with Crippen LogP contribution in [0.4, 0.5) is 5.82 Å². The molecule has 0 aliphatic heterocycles. The lowest BCUT2D eigenvalue weighted by Crippen LogP contribution is -2.36. The molecule has 0 aliphatic carbocycles. The van der Waals surface area contributed by atoms with Crippen LogP contribution in [-0.4, -0.2) is 20.9 Å². The first-order chi connectivity index (χ1) is 16.6. The second kappa shape index (κ2) is 9.95. The van der Waals surface area contributed by atoms with E-state index in [0.29, 0.717) is 18.6 Å². The van der Waals surface area contributed by atoms with E-state index >= 15 is 0 Å². The maximum absolute atomic E-state index is 12.7. The minimum absolute atomic E-state index is 0.156. The minimum Gasteiger partial charge on any atom is -0.426 e. The van der Waals surface area contributed by atoms with Crippen LogP contribution in [0, 0.1) is 5.41 Å². The average Bonchev–Trinajstić information content (AvgIpc) is 3.15. The third kappa shape index (κ3) is 6.30. The molecule has 0 unspecified atom stereocenters. The molecule has 5 nitrogen and oxygen atoms in total. The molecule has 0 radical (unpaired) electrons. The van der Waals surface area contributed by atoms with Gasteiger partial charge in [0, 0.05) is 23.7 Å². The lowest BCUT2D eigenvalue weighted by atomic mass is 9.82. The number of benzene rings is 2. The number of aromatic nitrogens is 2. The van der Waals surface area contributed by atoms with Crippen LogP contribution >= 0.6 is 0 Å². The fraction of sp³-hybridized carbons (Fsp3) is 0.333. The predicted octanol–water partition coefficient (Wildman–Crippen LogP) is 7.17. The molecule has 35 heavy (non-hydrogen) atoms. The van der Waals surface area contributed by atoms with Crippen LogP contribution in [0.3, 0.4) is 0 Å². The van der Waals surface area contributed by atoms with E-state index in [1.807, 2.05) is 79.0 Å². The maximum Gasteiger partial charge on any atom is 0.311 e. The number of rotatable bonds is 8. The van der Waals surface area contributed by atoms with E-state index in [0.717, 1.165) is 34.7 Å². The zero-order valence-corrected chi connectivity index (χ0v) is 21.3. The number of hydrogen-bond donors (Lipinski definition) is 1. The van der Waals surface area contributed by atoms with Crippen LogP contribution in [0.5, 0.6) is 5.75 Å². The summed E-state index contributed by atoms with van der Waals surface area (Å²) in [5, 5.41) is 3.75. The van der Waals surface area contributed by atoms with Gasteiger partial charge in [-0.1, -0.05) is 69.3 Å². The number of fused-ring (bicyclic) bond motifs is 1. The van der Waals surface area contributed by atoms with Gasteiger partial charge in [-0.05, 0) is 61.9 Å². The quantitative estimate of drug-likeness (QED) is 0.220. The van der Waals surface area contributed by atoms with Crippen molar-refractivity contribution in [1.82, 2.24) is 9.38 Å². The number of imidazole rings is 1. The first-order valence-corrected chi connectivity index (χ1v) is 12.2. The van der Waals surface area contributed by atoms with Crippen molar-refractivity contribution in [3.05, 3.63) is 84.6 Å². The molecule has 2 aromatic heterocycles. The molecule has 4 rings (SSSR count). The molecule has 0 saturated carbocycles. The highest BCUT2D eigenvalue weighted by Crippen LogP contribution is 2.38. The number of carbonyl (C=O) groups excluding carboxylic acids is 1. The van der Waals surface area contributed by atoms with Gasteiger partial charge in [0.15, 0.2) is 0 Å². The second-order valence-corrected chi connectivity index (χ2v) is 10.9. The van der Waals surface area contributed by atoms with Crippen molar-refractivity contribution in [1.29, 1.82) is 0 Å². The summed E-state index contributed by atoms with van der Waals surface area (Å²) >= 11 is 0. The number of pyridine rings is 1. The van der Waals surface area contributed by atoms with Crippen LogP contribution in [0.25, 0.3) is 16.9 Å². The number of aryl methyl sites for hydroxylation is 1. The molecule has 0 spiro atoms. The molecule has 0 bridgehead atoms. The predicted molar refractivity (Wildman–Crippen MR) is 143 cm³/mol. The zero-order valence-electron chi connectivity index (χ0n) is 21.3. The molecule has 0 atom stereocenters. The van der Waals surface area contributed by atoms with E-state index in [2.05, 4.69) is 44.3 Å². The molecule has 1 N–H and O–H groups in total. The minimum atomic E-state index is -0.257. The summed E-state index contributed by atoms with van der Waals surface area (Å²) < 4.78 is 7.93. The van der Waals surface area contributed by atoms with Gasteiger partial charge in [0.2, 0.25) is 0 Å². The van der Waals surface area contributed by atoms with Crippen LogP contribution in [0.2, 0.25) is 0 Å². The Labute approximate surface area is 208 Å². The molecule has 0 amide bonds. The standard InChI is InChI=1S/C30H35N3O2/c1-29(2,3)21-30(4,5)32-28-27(31-25-17-11-12-20-33(25)28)23-15-9-10-16-24(23)35-26(34)19-18-22-13-7-6-8-14-22/h6-17,20,32H,18-19,21H2,1-5H3. The van der Waals surface area contributed by atoms with Gasteiger partial charge in [0.1, 0.15) is 22.9 Å². The van der Waals surface area contributed by atoms with Gasteiger partial charge in [-0.25, -0.2) is 4.98 Å². The highest BCUT2D eigenvalue weighted by molar-refractivity contribution is 5.83. The van der Waals surface area contributed by atoms with Crippen LogP contribution < -0.4 is 10.1 Å². The monoisotopic (exact) mass is 469 g/mol. The lowest BCUT2D eigenvalue weighted by Gasteiger charge is -2.34. The van der Waals surface area contributed by atoms with Crippen LogP contribution in [0.15, 0.2) is 79.0 Å². The molecule has 0 fully saturated rings. The van der Waals surface area contributed by atoms with Gasteiger partial charge >= 0.3 is 5.97 Å². The van der Waals surface area contributed by atoms with Gasteiger partial charge in [0.05, 0.1) is 0 Å². The Balaban J connectivity index is 1.66. The molecule has 0 aliphatic rings. The molecule has 182 valence electrons. The van der Waals surface area contributed by atoms with E-state index < -0.39 is 0 Å². The Morgan fingerprint density at radius 1 is 0.914 bits per heavy atom. The number of anilines is 1. The SMILES string of the molecule is CC(C)(C)CC(C)(C)Nc1c(-c2ccccc2OC(=O)CCc2ccccc2)nc2ccccn12. The van der Waals surface area contributed by atoms with Gasteiger partial charge in [-0.3, -0.25) is 9.20 Å². The van der Waals surface area contributed by atoms with Crippen molar-refractivity contribution in [3.63, 3.8) is 0 Å². The first-order valence-electron chi connectivity index (χ1n) is 12.2. The molecule has 2 heterocycles. The van der Waals surface area contributed by atoms with Gasteiger partial charge in [-0.15, -0.1) is 0 Å². The van der Waals surface area contributed by atoms with E-state index in [1.54, 1.807) is 0 Å². The summed E-state index contributed by atoms with van der Waals surface area (Å²) in [7, 11) is 0. The molecule has 5 heteroatoms. The Hall–Kier alpha value is -3.60. The lowest BCUT2D eigenvalue weighted by molar-refractivity contribution is -0.134. The number of nitrogens with zero attached hydrogens (tertiary/aromatic N) is 2. The highest BCUT2D eigenvalue weighted by Gasteiger charge is 2.28. The van der Waals surface area contributed by atoms with Crippen molar-refractivity contribution in [2.75, 3.05) is 5.32 Å². The summed E-state index contributed by atoms with van der Waals surface area (Å²) in [4.78, 5) is 17.7. The fourth-order valence-corrected chi connectivity index (χ4v) is 4.81. The fourth-order valence-electron chi connectivity index (χ4n) is 4.81. The Morgan fingerprint density at radius 3 is 2.34 bits per heavy atom. The average molecular weight is 470 g/mol. The Bertz CT molecular complexity index is 1300. The summed E-state index contributed by atoms with van der Waals surface area (Å²) in [6.45, 7) is 11.2. The Kier molecular flexibility index (Phi) is 6.97. The van der Waals surface area contributed by atoms with E-state index in [1.165, 1.54) is 0 Å². The third-order valence-corrected chi connectivity index (χ3v) is 5.79. The number of hydrogen-bond acceptors (Lipinski definition) is 4. The van der Waals surface area contributed by atoms with Crippen molar-refractivity contribution in [2.24, 2.45) is 5.41 Å². The summed E-state index contributed by atoms with van der Waals surface area (Å²) in [6, 6.07) is 23.6. The summed E-state index contributed by atoms with van der Waals surface area (Å²) in [5.41, 5.74) is 3.49. The van der Waals surface area contributed by atoms with E-state index in [4.69, 9.17) is 9.72 Å². The van der Waals surface area contributed by atoms with Crippen molar-refractivity contribution >= 4 is 17.4 Å². The molecular formula is C30H35N3O2. The van der Waals surface area contributed by atoms with E-state index in [-0.39, 0.29) is 16.9 Å². The molecular weight excluding hydrogens is 434 g/mol. The zero-order chi connectivity index (χ0) is 25.1. The summed E-state index contributed by atoms with van der Waals surface area (Å²) in [5.74, 6) is 1.15. The van der Waals surface area contributed by atoms with Crippen LogP contribution in [-0.2, 0) is 11.2 Å². The normalized spacial score (nSPS) is 12.0. The van der Waals surface area contributed by atoms with Crippen molar-refractivity contribution in [3.8, 4) is 17.0 Å².